The van der Waals surface area contributed by atoms with E-state index in [1.165, 1.54) is 18.2 Å². The molecule has 8 N–H and O–H groups in total. The minimum atomic E-state index is -1.09. The standard InChI is InChI=1S/C18H15N5O5/c19-17(22-23-20)11-5-10(8-2-1-3-9(4-8)18(27)28)6-12(7-11)21-13-14(24)16(26)15(13)25/h1-7,21,24-26H,(H,27,28)(H3,19,20,22). The van der Waals surface area contributed by atoms with E-state index in [0.29, 0.717) is 22.4 Å². The molecule has 3 rings (SSSR count). The number of nitrogens with one attached hydrogen (secondary N) is 2. The number of aliphatic hydroxyl groups excluding tert-OH is 3. The van der Waals surface area contributed by atoms with E-state index in [1.54, 1.807) is 24.3 Å². The van der Waals surface area contributed by atoms with Crippen molar-refractivity contribution in [3.63, 3.8) is 0 Å². The van der Waals surface area contributed by atoms with E-state index in [9.17, 15) is 25.2 Å². The molecule has 10 nitrogen and oxygen atoms in total. The summed E-state index contributed by atoms with van der Waals surface area (Å²) in [7, 11) is 0. The second-order valence-electron chi connectivity index (χ2n) is 5.79. The van der Waals surface area contributed by atoms with Crippen molar-refractivity contribution in [1.29, 1.82) is 5.41 Å². The molecule has 2 aromatic carbocycles. The van der Waals surface area contributed by atoms with Gasteiger partial charge < -0.3 is 31.6 Å². The molecule has 0 amide bonds. The van der Waals surface area contributed by atoms with Crippen LogP contribution in [0.2, 0.25) is 0 Å². The molecule has 0 spiro atoms. The molecule has 0 atom stereocenters. The highest BCUT2D eigenvalue weighted by molar-refractivity contribution is 5.99. The largest absolute Gasteiger partial charge is 0.503 e. The smallest absolute Gasteiger partial charge is 0.335 e. The number of hydrogen-bond acceptors (Lipinski definition) is 7. The average molecular weight is 381 g/mol. The van der Waals surface area contributed by atoms with Gasteiger partial charge in [-0.25, -0.2) is 4.79 Å². The summed E-state index contributed by atoms with van der Waals surface area (Å²) in [5, 5.41) is 55.0. The van der Waals surface area contributed by atoms with Crippen LogP contribution in [-0.4, -0.2) is 32.2 Å². The van der Waals surface area contributed by atoms with Crippen LogP contribution in [0.1, 0.15) is 15.9 Å². The Balaban J connectivity index is 2.07. The fraction of sp³-hybridized carbons (Fsp3) is 0. The summed E-state index contributed by atoms with van der Waals surface area (Å²) in [5.74, 6) is 2.02. The van der Waals surface area contributed by atoms with Crippen LogP contribution in [0.5, 0.6) is 0 Å². The zero-order chi connectivity index (χ0) is 20.4. The van der Waals surface area contributed by atoms with E-state index in [4.69, 9.17) is 11.3 Å². The van der Waals surface area contributed by atoms with Gasteiger partial charge in [0.2, 0.25) is 5.76 Å². The lowest BCUT2D eigenvalue weighted by atomic mass is 9.99. The number of aromatic carboxylic acids is 1. The lowest BCUT2D eigenvalue weighted by Gasteiger charge is -2.21. The first-order valence-electron chi connectivity index (χ1n) is 7.83. The van der Waals surface area contributed by atoms with Gasteiger partial charge in [0.05, 0.1) is 5.56 Å². The van der Waals surface area contributed by atoms with Crippen molar-refractivity contribution in [2.45, 2.75) is 0 Å². The fourth-order valence-corrected chi connectivity index (χ4v) is 2.61. The third kappa shape index (κ3) is 3.33. The summed E-state index contributed by atoms with van der Waals surface area (Å²) < 4.78 is 0. The first kappa shape index (κ1) is 18.5. The molecular formula is C18H15N5O5. The predicted octanol–water partition coefficient (Wildman–Crippen LogP) is 3.23. The van der Waals surface area contributed by atoms with Gasteiger partial charge in [-0.15, -0.1) is 5.11 Å². The molecule has 0 fully saturated rings. The van der Waals surface area contributed by atoms with Crippen molar-refractivity contribution < 1.29 is 25.2 Å². The summed E-state index contributed by atoms with van der Waals surface area (Å²) in [5.41, 5.74) is 1.71. The first-order chi connectivity index (χ1) is 13.3. The number of carboxylic acid groups (broad SMARTS) is 1. The van der Waals surface area contributed by atoms with Crippen molar-refractivity contribution in [3.05, 3.63) is 76.6 Å². The van der Waals surface area contributed by atoms with E-state index < -0.39 is 23.2 Å². The van der Waals surface area contributed by atoms with Crippen molar-refractivity contribution in [3.8, 4) is 11.1 Å². The van der Waals surface area contributed by atoms with Gasteiger partial charge in [-0.1, -0.05) is 17.4 Å². The highest BCUT2D eigenvalue weighted by Crippen LogP contribution is 2.33. The molecule has 28 heavy (non-hydrogen) atoms. The number of carboxylic acids is 1. The third-order valence-electron chi connectivity index (χ3n) is 4.00. The Morgan fingerprint density at radius 2 is 1.68 bits per heavy atom. The number of anilines is 1. The van der Waals surface area contributed by atoms with E-state index in [0.717, 1.165) is 0 Å². The molecule has 0 saturated carbocycles. The number of aliphatic hydroxyl groups is 3. The Morgan fingerprint density at radius 3 is 2.32 bits per heavy atom. The van der Waals surface area contributed by atoms with Gasteiger partial charge >= 0.3 is 5.97 Å². The van der Waals surface area contributed by atoms with Crippen LogP contribution in [0, 0.1) is 5.41 Å². The molecule has 0 aromatic heterocycles. The van der Waals surface area contributed by atoms with Crippen LogP contribution in [0.15, 0.2) is 75.8 Å². The molecule has 0 saturated heterocycles. The summed E-state index contributed by atoms with van der Waals surface area (Å²) in [4.78, 5) is 11.2. The molecule has 142 valence electrons. The van der Waals surface area contributed by atoms with Crippen molar-refractivity contribution in [1.82, 2.24) is 0 Å². The second-order valence-corrected chi connectivity index (χ2v) is 5.79. The number of hydrogen-bond donors (Lipinski definition) is 7. The summed E-state index contributed by atoms with van der Waals surface area (Å²) in [6.07, 6.45) is 0. The van der Waals surface area contributed by atoms with Crippen LogP contribution in [0.3, 0.4) is 0 Å². The number of rotatable bonds is 5. The van der Waals surface area contributed by atoms with Gasteiger partial charge in [-0.3, -0.25) is 5.41 Å². The summed E-state index contributed by atoms with van der Waals surface area (Å²) in [6.45, 7) is 0. The Kier molecular flexibility index (Phi) is 4.69. The van der Waals surface area contributed by atoms with Gasteiger partial charge in [-0.2, -0.15) is 0 Å². The molecule has 2 aromatic rings. The maximum atomic E-state index is 11.2. The minimum absolute atomic E-state index is 0.0824. The van der Waals surface area contributed by atoms with E-state index in [-0.39, 0.29) is 17.1 Å². The second kappa shape index (κ2) is 7.11. The van der Waals surface area contributed by atoms with Crippen LogP contribution in [0.4, 0.5) is 5.69 Å². The molecular weight excluding hydrogens is 366 g/mol. The van der Waals surface area contributed by atoms with Crippen LogP contribution >= 0.6 is 0 Å². The molecule has 1 aliphatic carbocycles. The van der Waals surface area contributed by atoms with Gasteiger partial charge in [0.15, 0.2) is 17.4 Å². The lowest BCUT2D eigenvalue weighted by Crippen LogP contribution is -2.18. The number of nitrogens with zero attached hydrogens (tertiary/aromatic N) is 2. The topological polar surface area (TPSA) is 185 Å². The minimum Gasteiger partial charge on any atom is -0.503 e. The molecule has 10 heteroatoms. The SMILES string of the molecule is N=C(N=NN)c1cc(NC2=C(O)C(O)=C2O)cc(-c2cccc(C(=O)O)c2)c1. The molecule has 0 radical (unpaired) electrons. The van der Waals surface area contributed by atoms with Gasteiger partial charge in [0, 0.05) is 11.3 Å². The van der Waals surface area contributed by atoms with Crippen molar-refractivity contribution >= 4 is 17.5 Å². The highest BCUT2D eigenvalue weighted by atomic mass is 16.4. The maximum Gasteiger partial charge on any atom is 0.335 e. The van der Waals surface area contributed by atoms with Gasteiger partial charge in [0.1, 0.15) is 5.70 Å². The lowest BCUT2D eigenvalue weighted by molar-refractivity contribution is 0.0697. The fourth-order valence-electron chi connectivity index (χ4n) is 2.61. The van der Waals surface area contributed by atoms with Crippen molar-refractivity contribution in [2.24, 2.45) is 16.2 Å². The average Bonchev–Trinajstić information content (AvgIpc) is 2.71. The number of benzene rings is 2. The zero-order valence-electron chi connectivity index (χ0n) is 14.2. The van der Waals surface area contributed by atoms with Gasteiger partial charge in [0.25, 0.3) is 0 Å². The number of amidine groups is 1. The molecule has 1 aliphatic rings. The molecule has 0 bridgehead atoms. The number of carbonyl (C=O) groups is 1. The molecule has 0 aliphatic heterocycles. The summed E-state index contributed by atoms with van der Waals surface area (Å²) >= 11 is 0. The van der Waals surface area contributed by atoms with E-state index >= 15 is 0 Å². The number of nitrogens with two attached hydrogens (primary N) is 1. The highest BCUT2D eigenvalue weighted by Gasteiger charge is 2.29. The van der Waals surface area contributed by atoms with Crippen molar-refractivity contribution in [2.75, 3.05) is 5.32 Å². The normalized spacial score (nSPS) is 13.6. The Bertz CT molecular complexity index is 1090. The quantitative estimate of drug-likeness (QED) is 0.136. The molecule has 0 heterocycles. The zero-order valence-corrected chi connectivity index (χ0v) is 14.2. The van der Waals surface area contributed by atoms with E-state index in [2.05, 4.69) is 15.7 Å². The Labute approximate surface area is 158 Å². The van der Waals surface area contributed by atoms with E-state index in [1.807, 2.05) is 0 Å². The predicted molar refractivity (Wildman–Crippen MR) is 100 cm³/mol. The van der Waals surface area contributed by atoms with Crippen LogP contribution in [0.25, 0.3) is 11.1 Å². The monoisotopic (exact) mass is 381 g/mol. The first-order valence-corrected chi connectivity index (χ1v) is 7.83. The third-order valence-corrected chi connectivity index (χ3v) is 4.00. The van der Waals surface area contributed by atoms with Crippen LogP contribution in [-0.2, 0) is 0 Å². The van der Waals surface area contributed by atoms with Gasteiger partial charge in [-0.05, 0) is 41.5 Å². The summed E-state index contributed by atoms with van der Waals surface area (Å²) in [6, 6.07) is 10.9. The Hall–Kier alpha value is -4.34. The van der Waals surface area contributed by atoms with Crippen LogP contribution < -0.4 is 11.2 Å². The maximum absolute atomic E-state index is 11.2. The molecule has 0 unspecified atom stereocenters. The Morgan fingerprint density at radius 1 is 0.964 bits per heavy atom.